The number of thioether (sulfide) groups is 2. The van der Waals surface area contributed by atoms with Crippen LogP contribution in [-0.4, -0.2) is 41.1 Å². The lowest BCUT2D eigenvalue weighted by molar-refractivity contribution is 0.0307. The van der Waals surface area contributed by atoms with E-state index in [1.165, 1.54) is 0 Å². The van der Waals surface area contributed by atoms with Crippen LogP contribution in [0.1, 0.15) is 69.8 Å². The summed E-state index contributed by atoms with van der Waals surface area (Å²) in [5.74, 6) is 3.02. The van der Waals surface area contributed by atoms with E-state index in [0.717, 1.165) is 46.7 Å². The number of hydrogen-bond donors (Lipinski definition) is 1. The van der Waals surface area contributed by atoms with Gasteiger partial charge in [0.15, 0.2) is 0 Å². The number of aromatic hydroxyl groups is 1. The lowest BCUT2D eigenvalue weighted by atomic mass is 10.00. The van der Waals surface area contributed by atoms with Crippen molar-refractivity contribution < 1.29 is 19.1 Å². The molecule has 3 atom stereocenters. The van der Waals surface area contributed by atoms with Crippen molar-refractivity contribution in [3.63, 3.8) is 0 Å². The second-order valence-electron chi connectivity index (χ2n) is 14.0. The first-order chi connectivity index (χ1) is 23.0. The quantitative estimate of drug-likeness (QED) is 0.0831. The summed E-state index contributed by atoms with van der Waals surface area (Å²) in [6, 6.07) is 24.6. The molecule has 0 amide bonds. The Morgan fingerprint density at radius 1 is 1.04 bits per heavy atom. The molecule has 4 nitrogen and oxygen atoms in total. The first-order valence-electron chi connectivity index (χ1n) is 17.1. The maximum absolute atomic E-state index is 14.0. The molecule has 3 aromatic carbocycles. The van der Waals surface area contributed by atoms with Crippen LogP contribution in [0, 0.1) is 11.8 Å². The van der Waals surface area contributed by atoms with E-state index in [4.69, 9.17) is 9.16 Å². The fourth-order valence-electron chi connectivity index (χ4n) is 6.89. The third-order valence-corrected chi connectivity index (χ3v) is 17.5. The van der Waals surface area contributed by atoms with Gasteiger partial charge >= 0.3 is 14.3 Å². The van der Waals surface area contributed by atoms with Gasteiger partial charge in [-0.2, -0.15) is 0 Å². The molecule has 0 bridgehead atoms. The molecule has 1 aliphatic carbocycles. The van der Waals surface area contributed by atoms with Crippen molar-refractivity contribution in [2.24, 2.45) is 11.8 Å². The van der Waals surface area contributed by atoms with Gasteiger partial charge in [-0.05, 0) is 83.5 Å². The number of benzene rings is 3. The molecule has 1 saturated heterocycles. The largest absolute Gasteiger partial charge is 0.534 e. The molecule has 2 fully saturated rings. The predicted molar refractivity (Wildman–Crippen MR) is 208 cm³/mol. The van der Waals surface area contributed by atoms with Gasteiger partial charge < -0.3 is 14.3 Å². The van der Waals surface area contributed by atoms with Gasteiger partial charge in [-0.1, -0.05) is 112 Å². The summed E-state index contributed by atoms with van der Waals surface area (Å²) in [5.41, 5.74) is 0.973. The molecule has 3 aromatic rings. The second kappa shape index (κ2) is 15.6. The van der Waals surface area contributed by atoms with Crippen molar-refractivity contribution in [3.05, 3.63) is 121 Å². The molecular formula is C41H50O4S2Si. The predicted octanol–water partition coefficient (Wildman–Crippen LogP) is 9.33. The summed E-state index contributed by atoms with van der Waals surface area (Å²) in [6.45, 7) is 14.6. The summed E-state index contributed by atoms with van der Waals surface area (Å²) in [4.78, 5) is 14.0. The van der Waals surface area contributed by atoms with E-state index in [9.17, 15) is 9.90 Å². The zero-order valence-electron chi connectivity index (χ0n) is 29.0. The number of carbonyl (C=O) groups excluding carboxylic acids is 1. The molecule has 48 heavy (non-hydrogen) atoms. The van der Waals surface area contributed by atoms with Crippen LogP contribution < -0.4 is 14.8 Å². The highest BCUT2D eigenvalue weighted by atomic mass is 32.2. The van der Waals surface area contributed by atoms with Crippen molar-refractivity contribution in [2.45, 2.75) is 75.5 Å². The third-order valence-electron chi connectivity index (χ3n) is 9.36. The van der Waals surface area contributed by atoms with E-state index in [-0.39, 0.29) is 26.5 Å². The monoisotopic (exact) mass is 698 g/mol. The first-order valence-corrected chi connectivity index (χ1v) is 21.0. The van der Waals surface area contributed by atoms with Gasteiger partial charge in [-0.25, -0.2) is 4.79 Å². The van der Waals surface area contributed by atoms with E-state index in [1.807, 2.05) is 73.8 Å². The molecule has 1 saturated carbocycles. The van der Waals surface area contributed by atoms with Gasteiger partial charge in [0.25, 0.3) is 0 Å². The van der Waals surface area contributed by atoms with E-state index in [2.05, 4.69) is 88.0 Å². The van der Waals surface area contributed by atoms with Gasteiger partial charge in [-0.15, -0.1) is 30.1 Å². The average molecular weight is 699 g/mol. The van der Waals surface area contributed by atoms with Crippen LogP contribution in [-0.2, 0) is 11.2 Å². The van der Waals surface area contributed by atoms with Gasteiger partial charge in [0, 0.05) is 12.5 Å². The minimum Gasteiger partial charge on any atom is -0.534 e. The number of carbonyl (C=O) groups is 1. The Labute approximate surface area is 297 Å². The summed E-state index contributed by atoms with van der Waals surface area (Å²) in [5, 5.41) is 13.8. The van der Waals surface area contributed by atoms with Crippen LogP contribution in [0.15, 0.2) is 110 Å². The van der Waals surface area contributed by atoms with Crippen molar-refractivity contribution in [2.75, 3.05) is 11.5 Å². The molecule has 1 N–H and O–H groups in total. The highest BCUT2D eigenvalue weighted by Gasteiger charge is 2.52. The molecule has 254 valence electrons. The maximum Gasteiger partial charge on any atom is 0.342 e. The fourth-order valence-corrected chi connectivity index (χ4v) is 14.4. The van der Waals surface area contributed by atoms with Gasteiger partial charge in [-0.3, -0.25) is 0 Å². The number of hydrogen-bond acceptors (Lipinski definition) is 6. The molecule has 0 spiro atoms. The fraction of sp³-hybridized carbons (Fsp3) is 0.390. The Morgan fingerprint density at radius 3 is 2.21 bits per heavy atom. The normalized spacial score (nSPS) is 20.0. The second-order valence-corrected chi connectivity index (χ2v) is 21.3. The van der Waals surface area contributed by atoms with Crippen LogP contribution in [0.4, 0.5) is 0 Å². The van der Waals surface area contributed by atoms with E-state index in [1.54, 1.807) is 6.07 Å². The minimum absolute atomic E-state index is 0.105. The van der Waals surface area contributed by atoms with Crippen molar-refractivity contribution in [3.8, 4) is 11.5 Å². The number of rotatable bonds is 13. The van der Waals surface area contributed by atoms with Crippen LogP contribution >= 0.6 is 23.5 Å². The van der Waals surface area contributed by atoms with Crippen molar-refractivity contribution in [1.29, 1.82) is 0 Å². The number of phenolic OH excluding ortho intramolecular Hbond substituents is 1. The summed E-state index contributed by atoms with van der Waals surface area (Å²) < 4.78 is 13.1. The summed E-state index contributed by atoms with van der Waals surface area (Å²) in [6.07, 6.45) is 13.7. The Morgan fingerprint density at radius 2 is 1.67 bits per heavy atom. The molecule has 5 rings (SSSR count). The molecule has 7 heteroatoms. The van der Waals surface area contributed by atoms with Gasteiger partial charge in [0.05, 0.1) is 10.2 Å². The van der Waals surface area contributed by atoms with E-state index >= 15 is 0 Å². The standard InChI is InChI=1S/C41H50O4S2Si/c1-7-9-16-22-41(46-23-17-24-47-41)29-33-27-34(28-37(42)38(33)39(43)44-30(3)25-32-26-31(32)8-2)45-48(40(4,5)6,35-18-12-10-13-19-35)36-20-14-11-15-21-36/h7-16,18-22,27-28,30-32,42H,2,17,23-26,29H2,1,3-6H3/b9-7-,22-16+/t30-,31+,32+/m1/s1. The summed E-state index contributed by atoms with van der Waals surface area (Å²) >= 11 is 3.80. The summed E-state index contributed by atoms with van der Waals surface area (Å²) in [7, 11) is -2.99. The maximum atomic E-state index is 14.0. The topological polar surface area (TPSA) is 55.8 Å². The highest BCUT2D eigenvalue weighted by molar-refractivity contribution is 8.19. The minimum atomic E-state index is -2.99. The Bertz CT molecular complexity index is 1570. The molecule has 0 unspecified atom stereocenters. The van der Waals surface area contributed by atoms with E-state index in [0.29, 0.717) is 24.0 Å². The highest BCUT2D eigenvalue weighted by Crippen LogP contribution is 2.48. The molecule has 2 aliphatic rings. The van der Waals surface area contributed by atoms with E-state index < -0.39 is 14.3 Å². The van der Waals surface area contributed by atoms with Crippen molar-refractivity contribution >= 4 is 48.2 Å². The zero-order valence-corrected chi connectivity index (χ0v) is 31.6. The Balaban J connectivity index is 1.61. The van der Waals surface area contributed by atoms with Gasteiger partial charge in [0.1, 0.15) is 17.1 Å². The smallest absolute Gasteiger partial charge is 0.342 e. The molecule has 0 radical (unpaired) electrons. The van der Waals surface area contributed by atoms with Crippen LogP contribution in [0.3, 0.4) is 0 Å². The molecule has 0 aromatic heterocycles. The third kappa shape index (κ3) is 8.18. The number of allylic oxidation sites excluding steroid dienone is 4. The zero-order chi connectivity index (χ0) is 34.4. The molecule has 1 heterocycles. The molecule has 1 aliphatic heterocycles. The van der Waals surface area contributed by atoms with Crippen molar-refractivity contribution in [1.82, 2.24) is 0 Å². The van der Waals surface area contributed by atoms with Crippen LogP contribution in [0.25, 0.3) is 0 Å². The number of phenols is 1. The molecular weight excluding hydrogens is 649 g/mol. The van der Waals surface area contributed by atoms with Crippen LogP contribution in [0.5, 0.6) is 11.5 Å². The van der Waals surface area contributed by atoms with Crippen LogP contribution in [0.2, 0.25) is 5.04 Å². The first kappa shape index (κ1) is 36.2. The Kier molecular flexibility index (Phi) is 11.8. The lowest BCUT2D eigenvalue weighted by Crippen LogP contribution is -2.68. The average Bonchev–Trinajstić information content (AvgIpc) is 3.81. The number of ether oxygens (including phenoxy) is 1. The number of esters is 1. The lowest BCUT2D eigenvalue weighted by Gasteiger charge is -2.43. The Hall–Kier alpha value is -3.13. The SMILES string of the molecule is C=C[C@H]1C[C@@H]1C[C@@H](C)OC(=O)c1c(O)cc(O[Si](c2ccccc2)(c2ccccc2)C(C)(C)C)cc1CC1(/C=C/C=C\C)SCCCS1. The van der Waals surface area contributed by atoms with Gasteiger partial charge in [0.2, 0.25) is 0 Å².